The second-order valence-corrected chi connectivity index (χ2v) is 7.00. The maximum absolute atomic E-state index is 12.2. The Hall–Kier alpha value is -3.15. The van der Waals surface area contributed by atoms with Gasteiger partial charge in [-0.25, -0.2) is 4.98 Å². The molecule has 0 aliphatic rings. The van der Waals surface area contributed by atoms with Gasteiger partial charge in [0.25, 0.3) is 5.56 Å². The number of fused-ring (bicyclic) bond motifs is 1. The van der Waals surface area contributed by atoms with Gasteiger partial charge in [-0.3, -0.25) is 14.0 Å². The van der Waals surface area contributed by atoms with Gasteiger partial charge in [0.2, 0.25) is 5.91 Å². The van der Waals surface area contributed by atoms with E-state index in [2.05, 4.69) is 10.3 Å². The van der Waals surface area contributed by atoms with E-state index in [1.54, 1.807) is 30.5 Å². The molecule has 0 spiro atoms. The van der Waals surface area contributed by atoms with Crippen LogP contribution >= 0.6 is 0 Å². The number of nitrogens with zero attached hydrogens (tertiary/aromatic N) is 2. The highest BCUT2D eigenvalue weighted by molar-refractivity contribution is 5.95. The molecule has 0 aliphatic heterocycles. The average molecular weight is 351 g/mol. The first-order valence-corrected chi connectivity index (χ1v) is 8.35. The number of aromatic nitrogens is 2. The number of ether oxygens (including phenoxy) is 1. The lowest BCUT2D eigenvalue weighted by atomic mass is 9.95. The van der Waals surface area contributed by atoms with Crippen LogP contribution in [0.15, 0.2) is 59.5 Å². The Bertz CT molecular complexity index is 1000. The summed E-state index contributed by atoms with van der Waals surface area (Å²) in [6.07, 6.45) is 1.67. The summed E-state index contributed by atoms with van der Waals surface area (Å²) >= 11 is 0. The van der Waals surface area contributed by atoms with Crippen LogP contribution in [0.2, 0.25) is 0 Å². The van der Waals surface area contributed by atoms with E-state index in [0.29, 0.717) is 22.8 Å². The van der Waals surface area contributed by atoms with Gasteiger partial charge in [-0.1, -0.05) is 39.0 Å². The average Bonchev–Trinajstić information content (AvgIpc) is 2.60. The van der Waals surface area contributed by atoms with Crippen LogP contribution in [0.4, 0.5) is 5.69 Å². The third-order valence-corrected chi connectivity index (χ3v) is 3.82. The first-order chi connectivity index (χ1) is 12.3. The molecule has 2 aromatic heterocycles. The Kier molecular flexibility index (Phi) is 4.75. The van der Waals surface area contributed by atoms with E-state index in [0.717, 1.165) is 0 Å². The van der Waals surface area contributed by atoms with E-state index < -0.39 is 5.41 Å². The monoisotopic (exact) mass is 351 g/mol. The molecule has 0 atom stereocenters. The summed E-state index contributed by atoms with van der Waals surface area (Å²) in [5, 5.41) is 2.88. The largest absolute Gasteiger partial charge is 0.485 e. The molecule has 3 rings (SSSR count). The lowest BCUT2D eigenvalue weighted by Gasteiger charge is -2.19. The minimum atomic E-state index is -0.512. The van der Waals surface area contributed by atoms with Crippen molar-refractivity contribution >= 4 is 17.2 Å². The molecule has 0 unspecified atom stereocenters. The number of amides is 1. The number of hydrogen-bond acceptors (Lipinski definition) is 4. The van der Waals surface area contributed by atoms with Crippen LogP contribution in [-0.2, 0) is 11.4 Å². The molecular formula is C20H21N3O3. The van der Waals surface area contributed by atoms with E-state index in [-0.39, 0.29) is 18.1 Å². The number of carbonyl (C=O) groups is 1. The summed E-state index contributed by atoms with van der Waals surface area (Å²) in [5.74, 6) is 0.427. The molecule has 6 nitrogen and oxygen atoms in total. The number of pyridine rings is 1. The zero-order valence-electron chi connectivity index (χ0n) is 15.0. The van der Waals surface area contributed by atoms with Crippen molar-refractivity contribution in [2.75, 3.05) is 5.32 Å². The van der Waals surface area contributed by atoms with Gasteiger partial charge in [0.15, 0.2) is 0 Å². The predicted octanol–water partition coefficient (Wildman–Crippen LogP) is 3.26. The molecule has 26 heavy (non-hydrogen) atoms. The Morgan fingerprint density at radius 1 is 1.15 bits per heavy atom. The van der Waals surface area contributed by atoms with Gasteiger partial charge in [0, 0.05) is 17.7 Å². The van der Waals surface area contributed by atoms with Crippen molar-refractivity contribution in [3.8, 4) is 5.75 Å². The fourth-order valence-corrected chi connectivity index (χ4v) is 2.33. The number of carbonyl (C=O) groups excluding carboxylic acids is 1. The van der Waals surface area contributed by atoms with Gasteiger partial charge in [0.1, 0.15) is 18.0 Å². The summed E-state index contributed by atoms with van der Waals surface area (Å²) in [5.41, 5.74) is 1.00. The fourth-order valence-electron chi connectivity index (χ4n) is 2.33. The molecule has 1 amide bonds. The minimum Gasteiger partial charge on any atom is -0.485 e. The zero-order chi connectivity index (χ0) is 18.7. The fraction of sp³-hybridized carbons (Fsp3) is 0.250. The third kappa shape index (κ3) is 3.91. The number of nitrogens with one attached hydrogen (secondary N) is 1. The van der Waals surface area contributed by atoms with Crippen molar-refractivity contribution in [1.82, 2.24) is 9.38 Å². The zero-order valence-corrected chi connectivity index (χ0v) is 15.0. The van der Waals surface area contributed by atoms with Crippen LogP contribution in [0.5, 0.6) is 5.75 Å². The van der Waals surface area contributed by atoms with Gasteiger partial charge >= 0.3 is 0 Å². The van der Waals surface area contributed by atoms with Gasteiger partial charge in [-0.2, -0.15) is 0 Å². The molecule has 0 radical (unpaired) electrons. The Morgan fingerprint density at radius 2 is 1.88 bits per heavy atom. The lowest BCUT2D eigenvalue weighted by molar-refractivity contribution is -0.123. The van der Waals surface area contributed by atoms with E-state index in [1.165, 1.54) is 10.5 Å². The van der Waals surface area contributed by atoms with Crippen molar-refractivity contribution in [1.29, 1.82) is 0 Å². The van der Waals surface area contributed by atoms with Crippen molar-refractivity contribution < 1.29 is 9.53 Å². The van der Waals surface area contributed by atoms with Gasteiger partial charge in [-0.15, -0.1) is 0 Å². The predicted molar refractivity (Wildman–Crippen MR) is 100 cm³/mol. The molecule has 2 heterocycles. The highest BCUT2D eigenvalue weighted by Gasteiger charge is 2.22. The van der Waals surface area contributed by atoms with E-state index in [9.17, 15) is 9.59 Å². The van der Waals surface area contributed by atoms with Crippen LogP contribution in [0.1, 0.15) is 26.5 Å². The van der Waals surface area contributed by atoms with Crippen molar-refractivity contribution in [2.24, 2.45) is 5.41 Å². The van der Waals surface area contributed by atoms with E-state index in [4.69, 9.17) is 4.74 Å². The molecule has 134 valence electrons. The quantitative estimate of drug-likeness (QED) is 0.783. The molecule has 0 saturated carbocycles. The minimum absolute atomic E-state index is 0.101. The first kappa shape index (κ1) is 17.7. The second-order valence-electron chi connectivity index (χ2n) is 7.00. The second kappa shape index (κ2) is 7.00. The molecule has 0 bridgehead atoms. The number of anilines is 1. The molecule has 3 aromatic rings. The van der Waals surface area contributed by atoms with Crippen molar-refractivity contribution in [3.05, 3.63) is 70.8 Å². The van der Waals surface area contributed by atoms with Crippen LogP contribution in [0.25, 0.3) is 5.65 Å². The standard InChI is InChI=1S/C20H21N3O3/c1-20(2,3)19(25)22-15-8-4-5-9-16(15)26-13-14-12-18(24)23-11-7-6-10-17(23)21-14/h4-12H,13H2,1-3H3,(H,22,25). The van der Waals surface area contributed by atoms with Crippen molar-refractivity contribution in [3.63, 3.8) is 0 Å². The summed E-state index contributed by atoms with van der Waals surface area (Å²) in [6, 6.07) is 14.0. The first-order valence-electron chi connectivity index (χ1n) is 8.35. The summed E-state index contributed by atoms with van der Waals surface area (Å²) in [4.78, 5) is 28.8. The van der Waals surface area contributed by atoms with Crippen LogP contribution in [0, 0.1) is 5.41 Å². The highest BCUT2D eigenvalue weighted by atomic mass is 16.5. The Morgan fingerprint density at radius 3 is 2.65 bits per heavy atom. The maximum atomic E-state index is 12.2. The highest BCUT2D eigenvalue weighted by Crippen LogP contribution is 2.26. The molecule has 0 aliphatic carbocycles. The molecule has 1 N–H and O–H groups in total. The molecular weight excluding hydrogens is 330 g/mol. The lowest BCUT2D eigenvalue weighted by Crippen LogP contribution is -2.27. The summed E-state index contributed by atoms with van der Waals surface area (Å²) < 4.78 is 7.29. The van der Waals surface area contributed by atoms with Gasteiger partial charge in [0.05, 0.1) is 11.4 Å². The van der Waals surface area contributed by atoms with Gasteiger partial charge < -0.3 is 10.1 Å². The van der Waals surface area contributed by atoms with Crippen LogP contribution < -0.4 is 15.6 Å². The molecule has 6 heteroatoms. The topological polar surface area (TPSA) is 72.7 Å². The number of hydrogen-bond donors (Lipinski definition) is 1. The molecule has 0 fully saturated rings. The maximum Gasteiger partial charge on any atom is 0.258 e. The van der Waals surface area contributed by atoms with Crippen LogP contribution in [-0.4, -0.2) is 15.3 Å². The van der Waals surface area contributed by atoms with E-state index in [1.807, 2.05) is 39.0 Å². The Balaban J connectivity index is 1.80. The molecule has 0 saturated heterocycles. The number of rotatable bonds is 4. The van der Waals surface area contributed by atoms with Crippen LogP contribution in [0.3, 0.4) is 0 Å². The van der Waals surface area contributed by atoms with Gasteiger partial charge in [-0.05, 0) is 24.3 Å². The number of benzene rings is 1. The van der Waals surface area contributed by atoms with Crippen molar-refractivity contribution in [2.45, 2.75) is 27.4 Å². The Labute approximate surface area is 151 Å². The number of para-hydroxylation sites is 2. The molecule has 1 aromatic carbocycles. The smallest absolute Gasteiger partial charge is 0.258 e. The third-order valence-electron chi connectivity index (χ3n) is 3.82. The van der Waals surface area contributed by atoms with E-state index >= 15 is 0 Å². The summed E-state index contributed by atoms with van der Waals surface area (Å²) in [7, 11) is 0. The normalized spacial score (nSPS) is 11.3. The SMILES string of the molecule is CC(C)(C)C(=O)Nc1ccccc1OCc1cc(=O)n2ccccc2n1. The summed E-state index contributed by atoms with van der Waals surface area (Å²) in [6.45, 7) is 5.66.